The SMILES string of the molecule is N.[2H]C([2H])([2H])CCCCCCCCCCCCCCCOP(=O)(O)COC(C)Cn1cnc2c(N)ncnc21. The Morgan fingerprint density at radius 1 is 1.00 bits per heavy atom. The van der Waals surface area contributed by atoms with Crippen LogP contribution in [0.2, 0.25) is 0 Å². The molecule has 0 radical (unpaired) electrons. The Bertz CT molecular complexity index is 979. The molecule has 0 saturated heterocycles. The van der Waals surface area contributed by atoms with Crippen molar-refractivity contribution in [3.8, 4) is 0 Å². The normalized spacial score (nSPS) is 15.6. The van der Waals surface area contributed by atoms with E-state index >= 15 is 0 Å². The summed E-state index contributed by atoms with van der Waals surface area (Å²) < 4.78 is 46.4. The number of hydrogen-bond acceptors (Lipinski definition) is 8. The van der Waals surface area contributed by atoms with Crippen LogP contribution in [-0.2, 0) is 20.4 Å². The minimum Gasteiger partial charge on any atom is -0.382 e. The zero-order chi connectivity index (χ0) is 27.9. The van der Waals surface area contributed by atoms with Gasteiger partial charge < -0.3 is 30.6 Å². The highest BCUT2D eigenvalue weighted by Crippen LogP contribution is 2.42. The lowest BCUT2D eigenvalue weighted by atomic mass is 10.0. The minimum absolute atomic E-state index is 0. The summed E-state index contributed by atoms with van der Waals surface area (Å²) in [6, 6.07) is 0. The van der Waals surface area contributed by atoms with Crippen LogP contribution in [0.1, 0.15) is 108 Å². The number of aromatic nitrogens is 4. The molecule has 2 heterocycles. The van der Waals surface area contributed by atoms with Crippen LogP contribution >= 0.6 is 7.60 Å². The van der Waals surface area contributed by atoms with E-state index in [9.17, 15) is 9.46 Å². The highest BCUT2D eigenvalue weighted by molar-refractivity contribution is 7.52. The Labute approximate surface area is 221 Å². The lowest BCUT2D eigenvalue weighted by Gasteiger charge is -2.17. The molecular formula is C25H49N6O4P. The second kappa shape index (κ2) is 18.6. The number of hydrogen-bond donors (Lipinski definition) is 3. The van der Waals surface area contributed by atoms with Crippen molar-refractivity contribution in [2.24, 2.45) is 0 Å². The van der Waals surface area contributed by atoms with Crippen LogP contribution in [-0.4, -0.2) is 43.5 Å². The van der Waals surface area contributed by atoms with Gasteiger partial charge in [0.25, 0.3) is 0 Å². The molecule has 0 spiro atoms. The van der Waals surface area contributed by atoms with Gasteiger partial charge in [-0.3, -0.25) is 4.57 Å². The molecule has 2 unspecified atom stereocenters. The predicted octanol–water partition coefficient (Wildman–Crippen LogP) is 6.62. The standard InChI is InChI=1S/C25H46N5O4P.H3N/c1-3-4-5-6-7-8-9-10-11-12-13-14-15-16-17-34-35(31,32)21-33-22(2)18-30-20-29-23-24(26)27-19-28-25(23)30;/h19-20,22H,3-18,21H2,1-2H3,(H,31,32)(H2,26,27,28);1H3/i1D3;. The Balaban J connectivity index is 0.00000760. The van der Waals surface area contributed by atoms with E-state index < -0.39 is 14.4 Å². The first-order valence-corrected chi connectivity index (χ1v) is 14.8. The van der Waals surface area contributed by atoms with Crippen molar-refractivity contribution >= 4 is 24.6 Å². The van der Waals surface area contributed by atoms with Gasteiger partial charge in [-0.2, -0.15) is 0 Å². The molecule has 0 amide bonds. The number of fused-ring (bicyclic) bond motifs is 1. The van der Waals surface area contributed by atoms with Crippen LogP contribution in [0.15, 0.2) is 12.7 Å². The number of nitrogen functional groups attached to an aromatic ring is 1. The first-order chi connectivity index (χ1) is 18.1. The van der Waals surface area contributed by atoms with Crippen molar-refractivity contribution in [1.29, 1.82) is 0 Å². The van der Waals surface area contributed by atoms with Gasteiger partial charge in [-0.05, 0) is 13.3 Å². The second-order valence-corrected chi connectivity index (χ2v) is 11.0. The van der Waals surface area contributed by atoms with E-state index in [1.54, 1.807) is 10.9 Å². The average molecular weight is 532 g/mol. The molecule has 2 rings (SSSR count). The van der Waals surface area contributed by atoms with Gasteiger partial charge >= 0.3 is 7.60 Å². The van der Waals surface area contributed by atoms with Crippen LogP contribution in [0.3, 0.4) is 0 Å². The maximum Gasteiger partial charge on any atom is 0.353 e. The van der Waals surface area contributed by atoms with Crippen LogP contribution in [0.5, 0.6) is 0 Å². The maximum absolute atomic E-state index is 12.3. The van der Waals surface area contributed by atoms with Gasteiger partial charge in [-0.1, -0.05) is 90.3 Å². The summed E-state index contributed by atoms with van der Waals surface area (Å²) in [4.78, 5) is 22.4. The molecule has 0 fully saturated rings. The Morgan fingerprint density at radius 3 is 2.19 bits per heavy atom. The quantitative estimate of drug-likeness (QED) is 0.119. The third-order valence-electron chi connectivity index (χ3n) is 6.02. The van der Waals surface area contributed by atoms with E-state index in [0.717, 1.165) is 38.5 Å². The van der Waals surface area contributed by atoms with Crippen LogP contribution in [0.4, 0.5) is 5.82 Å². The molecule has 0 aromatic carbocycles. The van der Waals surface area contributed by atoms with Gasteiger partial charge in [-0.15, -0.1) is 0 Å². The number of unbranched alkanes of at least 4 members (excludes halogenated alkanes) is 12. The molecule has 2 aromatic heterocycles. The summed E-state index contributed by atoms with van der Waals surface area (Å²) in [6.07, 6.45) is 17.0. The molecule has 0 saturated carbocycles. The Morgan fingerprint density at radius 2 is 1.58 bits per heavy atom. The highest BCUT2D eigenvalue weighted by atomic mass is 31.2. The molecule has 2 aromatic rings. The largest absolute Gasteiger partial charge is 0.382 e. The van der Waals surface area contributed by atoms with Crippen molar-refractivity contribution in [3.63, 3.8) is 0 Å². The van der Waals surface area contributed by atoms with E-state index in [1.807, 2.05) is 6.92 Å². The summed E-state index contributed by atoms with van der Waals surface area (Å²) in [5, 5.41) is 0. The van der Waals surface area contributed by atoms with Crippen LogP contribution in [0, 0.1) is 0 Å². The van der Waals surface area contributed by atoms with Gasteiger partial charge in [0.1, 0.15) is 18.2 Å². The fraction of sp³-hybridized carbons (Fsp3) is 0.800. The highest BCUT2D eigenvalue weighted by Gasteiger charge is 2.21. The first kappa shape index (κ1) is 27.5. The average Bonchev–Trinajstić information content (AvgIpc) is 3.26. The zero-order valence-corrected chi connectivity index (χ0v) is 22.8. The molecule has 2 atom stereocenters. The molecule has 0 aliphatic rings. The third-order valence-corrected chi connectivity index (χ3v) is 7.08. The van der Waals surface area contributed by atoms with E-state index in [4.69, 9.17) is 19.1 Å². The van der Waals surface area contributed by atoms with E-state index in [1.165, 1.54) is 51.3 Å². The zero-order valence-electron chi connectivity index (χ0n) is 24.9. The number of rotatable bonds is 21. The summed E-state index contributed by atoms with van der Waals surface area (Å²) >= 11 is 0. The second-order valence-electron chi connectivity index (χ2n) is 9.25. The molecule has 36 heavy (non-hydrogen) atoms. The van der Waals surface area contributed by atoms with Crippen molar-refractivity contribution < 1.29 is 22.8 Å². The minimum atomic E-state index is -3.80. The third kappa shape index (κ3) is 13.1. The van der Waals surface area contributed by atoms with E-state index in [0.29, 0.717) is 29.9 Å². The number of anilines is 1. The van der Waals surface area contributed by atoms with E-state index in [2.05, 4.69) is 15.0 Å². The van der Waals surface area contributed by atoms with Gasteiger partial charge in [0, 0.05) is 4.11 Å². The van der Waals surface area contributed by atoms with Crippen LogP contribution in [0.25, 0.3) is 11.2 Å². The summed E-state index contributed by atoms with van der Waals surface area (Å²) in [6.45, 7) is 0.692. The summed E-state index contributed by atoms with van der Waals surface area (Å²) in [5.74, 6) is 0.306. The lowest BCUT2D eigenvalue weighted by molar-refractivity contribution is 0.0715. The van der Waals surface area contributed by atoms with Gasteiger partial charge in [-0.25, -0.2) is 15.0 Å². The fourth-order valence-electron chi connectivity index (χ4n) is 4.00. The number of ether oxygens (including phenoxy) is 1. The van der Waals surface area contributed by atoms with Crippen molar-refractivity contribution in [2.45, 2.75) is 116 Å². The first-order valence-electron chi connectivity index (χ1n) is 14.6. The molecular weight excluding hydrogens is 479 g/mol. The number of imidazole rings is 1. The van der Waals surface area contributed by atoms with Crippen molar-refractivity contribution in [2.75, 3.05) is 18.7 Å². The monoisotopic (exact) mass is 531 g/mol. The molecule has 0 aliphatic heterocycles. The smallest absolute Gasteiger partial charge is 0.353 e. The molecule has 208 valence electrons. The Hall–Kier alpha value is -1.58. The maximum atomic E-state index is 12.3. The van der Waals surface area contributed by atoms with Crippen molar-refractivity contribution in [3.05, 3.63) is 12.7 Å². The van der Waals surface area contributed by atoms with Gasteiger partial charge in [0.05, 0.1) is 25.6 Å². The summed E-state index contributed by atoms with van der Waals surface area (Å²) in [5.41, 5.74) is 6.91. The van der Waals surface area contributed by atoms with Gasteiger partial charge in [0.2, 0.25) is 0 Å². The van der Waals surface area contributed by atoms with Crippen molar-refractivity contribution in [1.82, 2.24) is 25.7 Å². The summed E-state index contributed by atoms with van der Waals surface area (Å²) in [7, 11) is -3.80. The van der Waals surface area contributed by atoms with E-state index in [-0.39, 0.29) is 25.2 Å². The Kier molecular flexibility index (Phi) is 14.2. The molecule has 10 nitrogen and oxygen atoms in total. The van der Waals surface area contributed by atoms with Gasteiger partial charge in [0.15, 0.2) is 11.5 Å². The molecule has 0 bridgehead atoms. The molecule has 11 heteroatoms. The molecule has 0 aliphatic carbocycles. The lowest BCUT2D eigenvalue weighted by Crippen LogP contribution is -2.17. The van der Waals surface area contributed by atoms with Crippen LogP contribution < -0.4 is 11.9 Å². The topological polar surface area (TPSA) is 160 Å². The predicted molar refractivity (Wildman–Crippen MR) is 146 cm³/mol. The fourth-order valence-corrected chi connectivity index (χ4v) is 4.93. The molecule has 6 N–H and O–H groups in total. The number of nitrogens with zero attached hydrogens (tertiary/aromatic N) is 4. The number of nitrogens with two attached hydrogens (primary N) is 1.